The number of nitrogens with zero attached hydrogens (tertiary/aromatic N) is 3. The van der Waals surface area contributed by atoms with Gasteiger partial charge in [0.15, 0.2) is 0 Å². The minimum atomic E-state index is -0.108. The Balaban J connectivity index is 1.80. The molecular weight excluding hydrogens is 322 g/mol. The maximum Gasteiger partial charge on any atom is 0.225 e. The van der Waals surface area contributed by atoms with Crippen LogP contribution >= 0.6 is 0 Å². The summed E-state index contributed by atoms with van der Waals surface area (Å²) < 4.78 is 0. The lowest BCUT2D eigenvalue weighted by atomic mass is 10.1. The van der Waals surface area contributed by atoms with Gasteiger partial charge in [0.25, 0.3) is 0 Å². The van der Waals surface area contributed by atoms with E-state index in [1.165, 1.54) is 5.56 Å². The first-order valence-electron chi connectivity index (χ1n) is 8.85. The summed E-state index contributed by atoms with van der Waals surface area (Å²) in [6.45, 7) is 7.09. The monoisotopic (exact) mass is 347 g/mol. The molecule has 2 aromatic heterocycles. The Morgan fingerprint density at radius 1 is 0.923 bits per heavy atom. The van der Waals surface area contributed by atoms with Crippen LogP contribution in [0.2, 0.25) is 0 Å². The molecule has 0 aliphatic heterocycles. The van der Waals surface area contributed by atoms with Crippen molar-refractivity contribution in [3.63, 3.8) is 0 Å². The van der Waals surface area contributed by atoms with E-state index in [-0.39, 0.29) is 5.54 Å². The van der Waals surface area contributed by atoms with E-state index >= 15 is 0 Å². The Morgan fingerprint density at radius 3 is 2.35 bits per heavy atom. The molecule has 0 unspecified atom stereocenters. The van der Waals surface area contributed by atoms with Crippen LogP contribution < -0.4 is 10.6 Å². The second-order valence-electron chi connectivity index (χ2n) is 7.24. The Morgan fingerprint density at radius 2 is 1.65 bits per heavy atom. The van der Waals surface area contributed by atoms with Gasteiger partial charge in [-0.15, -0.1) is 0 Å². The molecule has 0 radical (unpaired) electrons. The standard InChI is InChI=1S/C21H25N5/c1-21(2,3)26-20-24-18(17-7-5-4-6-8-17)15-19(25-20)23-14-11-16-9-12-22-13-10-16/h4-10,12-13,15H,11,14H2,1-3H3,(H2,23,24,25,26). The lowest BCUT2D eigenvalue weighted by molar-refractivity contribution is 0.626. The van der Waals surface area contributed by atoms with Crippen LogP contribution in [0.25, 0.3) is 11.3 Å². The van der Waals surface area contributed by atoms with Crippen molar-refractivity contribution in [3.8, 4) is 11.3 Å². The van der Waals surface area contributed by atoms with Gasteiger partial charge in [0, 0.05) is 36.1 Å². The fourth-order valence-corrected chi connectivity index (χ4v) is 2.57. The van der Waals surface area contributed by atoms with Crippen LogP contribution in [-0.2, 0) is 6.42 Å². The van der Waals surface area contributed by atoms with Gasteiger partial charge < -0.3 is 10.6 Å². The van der Waals surface area contributed by atoms with E-state index in [0.29, 0.717) is 5.95 Å². The number of aromatic nitrogens is 3. The molecule has 0 amide bonds. The summed E-state index contributed by atoms with van der Waals surface area (Å²) in [5, 5.41) is 6.79. The molecule has 5 heteroatoms. The Hall–Kier alpha value is -2.95. The van der Waals surface area contributed by atoms with Crippen LogP contribution in [0.5, 0.6) is 0 Å². The van der Waals surface area contributed by atoms with Gasteiger partial charge in [-0.2, -0.15) is 4.98 Å². The van der Waals surface area contributed by atoms with E-state index in [1.807, 2.05) is 48.8 Å². The number of pyridine rings is 1. The number of benzene rings is 1. The average molecular weight is 347 g/mol. The van der Waals surface area contributed by atoms with Gasteiger partial charge in [-0.05, 0) is 44.9 Å². The van der Waals surface area contributed by atoms with Crippen molar-refractivity contribution in [1.29, 1.82) is 0 Å². The number of hydrogen-bond donors (Lipinski definition) is 2. The van der Waals surface area contributed by atoms with Crippen LogP contribution in [0.15, 0.2) is 60.9 Å². The van der Waals surface area contributed by atoms with E-state index in [0.717, 1.165) is 30.0 Å². The Kier molecular flexibility index (Phi) is 5.46. The predicted octanol–water partition coefficient (Wildman–Crippen LogP) is 4.40. The summed E-state index contributed by atoms with van der Waals surface area (Å²) >= 11 is 0. The molecule has 0 aliphatic rings. The first kappa shape index (κ1) is 17.9. The normalized spacial score (nSPS) is 11.2. The van der Waals surface area contributed by atoms with Gasteiger partial charge in [-0.3, -0.25) is 4.98 Å². The Labute approximate surface area is 154 Å². The molecule has 0 bridgehead atoms. The molecule has 5 nitrogen and oxygen atoms in total. The fraction of sp³-hybridized carbons (Fsp3) is 0.286. The molecule has 0 fully saturated rings. The van der Waals surface area contributed by atoms with Crippen LogP contribution in [0.1, 0.15) is 26.3 Å². The summed E-state index contributed by atoms with van der Waals surface area (Å²) in [5.74, 6) is 1.45. The third-order valence-corrected chi connectivity index (χ3v) is 3.75. The summed E-state index contributed by atoms with van der Waals surface area (Å²) in [5.41, 5.74) is 3.12. The van der Waals surface area contributed by atoms with Crippen molar-refractivity contribution in [2.45, 2.75) is 32.7 Å². The summed E-state index contributed by atoms with van der Waals surface area (Å²) in [7, 11) is 0. The van der Waals surface area contributed by atoms with Gasteiger partial charge in [-0.25, -0.2) is 4.98 Å². The van der Waals surface area contributed by atoms with Crippen molar-refractivity contribution in [1.82, 2.24) is 15.0 Å². The molecule has 134 valence electrons. The van der Waals surface area contributed by atoms with E-state index in [9.17, 15) is 0 Å². The highest BCUT2D eigenvalue weighted by Crippen LogP contribution is 2.22. The van der Waals surface area contributed by atoms with Crippen molar-refractivity contribution in [2.24, 2.45) is 0 Å². The highest BCUT2D eigenvalue weighted by atomic mass is 15.2. The molecule has 2 N–H and O–H groups in total. The zero-order chi connectivity index (χ0) is 18.4. The average Bonchev–Trinajstić information content (AvgIpc) is 2.62. The Bertz CT molecular complexity index is 826. The molecule has 0 spiro atoms. The minimum absolute atomic E-state index is 0.108. The van der Waals surface area contributed by atoms with Crippen LogP contribution in [-0.4, -0.2) is 27.0 Å². The van der Waals surface area contributed by atoms with Gasteiger partial charge in [0.05, 0.1) is 5.69 Å². The third-order valence-electron chi connectivity index (χ3n) is 3.75. The molecule has 0 saturated carbocycles. The summed E-state index contributed by atoms with van der Waals surface area (Å²) in [6.07, 6.45) is 4.55. The smallest absolute Gasteiger partial charge is 0.225 e. The molecule has 2 heterocycles. The predicted molar refractivity (Wildman–Crippen MR) is 107 cm³/mol. The molecular formula is C21H25N5. The highest BCUT2D eigenvalue weighted by molar-refractivity contribution is 5.64. The second kappa shape index (κ2) is 7.95. The number of hydrogen-bond acceptors (Lipinski definition) is 5. The highest BCUT2D eigenvalue weighted by Gasteiger charge is 2.13. The molecule has 0 saturated heterocycles. The summed E-state index contributed by atoms with van der Waals surface area (Å²) in [6, 6.07) is 16.2. The van der Waals surface area contributed by atoms with Crippen molar-refractivity contribution < 1.29 is 0 Å². The molecule has 1 aromatic carbocycles. The van der Waals surface area contributed by atoms with Crippen LogP contribution in [0, 0.1) is 0 Å². The van der Waals surface area contributed by atoms with E-state index < -0.39 is 0 Å². The van der Waals surface area contributed by atoms with Crippen LogP contribution in [0.3, 0.4) is 0 Å². The molecule has 0 aliphatic carbocycles. The number of nitrogens with one attached hydrogen (secondary N) is 2. The van der Waals surface area contributed by atoms with E-state index in [4.69, 9.17) is 0 Å². The summed E-state index contributed by atoms with van der Waals surface area (Å²) in [4.78, 5) is 13.4. The molecule has 26 heavy (non-hydrogen) atoms. The van der Waals surface area contributed by atoms with E-state index in [2.05, 4.69) is 58.5 Å². The second-order valence-corrected chi connectivity index (χ2v) is 7.24. The molecule has 3 aromatic rings. The third kappa shape index (κ3) is 5.28. The zero-order valence-electron chi connectivity index (χ0n) is 15.5. The maximum absolute atomic E-state index is 4.68. The van der Waals surface area contributed by atoms with Gasteiger partial charge in [-0.1, -0.05) is 30.3 Å². The molecule has 0 atom stereocenters. The largest absolute Gasteiger partial charge is 0.370 e. The SMILES string of the molecule is CC(C)(C)Nc1nc(NCCc2ccncc2)cc(-c2ccccc2)n1. The quantitative estimate of drug-likeness (QED) is 0.692. The zero-order valence-corrected chi connectivity index (χ0v) is 15.5. The number of anilines is 2. The first-order valence-corrected chi connectivity index (χ1v) is 8.85. The van der Waals surface area contributed by atoms with E-state index in [1.54, 1.807) is 0 Å². The van der Waals surface area contributed by atoms with Crippen molar-refractivity contribution >= 4 is 11.8 Å². The first-order chi connectivity index (χ1) is 12.5. The van der Waals surface area contributed by atoms with Gasteiger partial charge in [0.2, 0.25) is 5.95 Å². The molecule has 3 rings (SSSR count). The lowest BCUT2D eigenvalue weighted by Gasteiger charge is -2.21. The topological polar surface area (TPSA) is 62.7 Å². The van der Waals surface area contributed by atoms with Crippen molar-refractivity contribution in [3.05, 3.63) is 66.5 Å². The maximum atomic E-state index is 4.68. The lowest BCUT2D eigenvalue weighted by Crippen LogP contribution is -2.27. The van der Waals surface area contributed by atoms with Gasteiger partial charge >= 0.3 is 0 Å². The minimum Gasteiger partial charge on any atom is -0.370 e. The number of rotatable bonds is 6. The van der Waals surface area contributed by atoms with Crippen molar-refractivity contribution in [2.75, 3.05) is 17.2 Å². The fourth-order valence-electron chi connectivity index (χ4n) is 2.57. The van der Waals surface area contributed by atoms with Gasteiger partial charge in [0.1, 0.15) is 5.82 Å². The van der Waals surface area contributed by atoms with Crippen LogP contribution in [0.4, 0.5) is 11.8 Å².